The van der Waals surface area contributed by atoms with E-state index in [9.17, 15) is 8.42 Å². The van der Waals surface area contributed by atoms with Gasteiger partial charge in [0.1, 0.15) is 5.76 Å². The number of hydrogen-bond acceptors (Lipinski definition) is 5. The van der Waals surface area contributed by atoms with Gasteiger partial charge in [0, 0.05) is 50.5 Å². The van der Waals surface area contributed by atoms with Crippen LogP contribution in [0.1, 0.15) is 36.5 Å². The third-order valence-corrected chi connectivity index (χ3v) is 7.86. The number of hydrogen-bond donors (Lipinski definition) is 2. The Morgan fingerprint density at radius 2 is 1.71 bits per heavy atom. The maximum absolute atomic E-state index is 12.0. The zero-order valence-corrected chi connectivity index (χ0v) is 20.7. The SMILES string of the molecule is CN(C)S(=O)(=O)Nc1ccc(N2CCC(NCC[C@@H](c3ccccc3)c3ccco3)CC2)cc1. The minimum absolute atomic E-state index is 0.257. The lowest BCUT2D eigenvalue weighted by molar-refractivity contribution is 0.399. The quantitative estimate of drug-likeness (QED) is 0.451. The van der Waals surface area contributed by atoms with Crippen LogP contribution in [0.15, 0.2) is 77.4 Å². The lowest BCUT2D eigenvalue weighted by atomic mass is 9.93. The van der Waals surface area contributed by atoms with Gasteiger partial charge < -0.3 is 14.6 Å². The van der Waals surface area contributed by atoms with Crippen LogP contribution >= 0.6 is 0 Å². The van der Waals surface area contributed by atoms with Gasteiger partial charge in [0.2, 0.25) is 0 Å². The van der Waals surface area contributed by atoms with Crippen molar-refractivity contribution >= 4 is 21.6 Å². The summed E-state index contributed by atoms with van der Waals surface area (Å²) in [7, 11) is -0.473. The number of rotatable bonds is 10. The molecular formula is C26H34N4O3S. The molecule has 1 fully saturated rings. The predicted octanol–water partition coefficient (Wildman–Crippen LogP) is 4.28. The molecule has 34 heavy (non-hydrogen) atoms. The summed E-state index contributed by atoms with van der Waals surface area (Å²) in [4.78, 5) is 2.36. The number of anilines is 2. The second kappa shape index (κ2) is 11.1. The molecule has 0 spiro atoms. The summed E-state index contributed by atoms with van der Waals surface area (Å²) in [6.07, 6.45) is 4.89. The van der Waals surface area contributed by atoms with E-state index in [1.54, 1.807) is 6.26 Å². The smallest absolute Gasteiger partial charge is 0.301 e. The van der Waals surface area contributed by atoms with Crippen LogP contribution in [0.4, 0.5) is 11.4 Å². The zero-order chi connectivity index (χ0) is 24.0. The van der Waals surface area contributed by atoms with E-state index in [1.165, 1.54) is 19.7 Å². The molecule has 1 saturated heterocycles. The minimum Gasteiger partial charge on any atom is -0.469 e. The highest BCUT2D eigenvalue weighted by molar-refractivity contribution is 7.90. The van der Waals surface area contributed by atoms with Gasteiger partial charge in [-0.3, -0.25) is 4.72 Å². The van der Waals surface area contributed by atoms with Crippen LogP contribution in [-0.2, 0) is 10.2 Å². The fourth-order valence-electron chi connectivity index (χ4n) is 4.40. The molecule has 8 heteroatoms. The lowest BCUT2D eigenvalue weighted by Gasteiger charge is -2.34. The van der Waals surface area contributed by atoms with Crippen molar-refractivity contribution in [2.75, 3.05) is 43.4 Å². The Labute approximate surface area is 202 Å². The first-order chi connectivity index (χ1) is 16.4. The first kappa shape index (κ1) is 24.3. The average molecular weight is 483 g/mol. The Morgan fingerprint density at radius 1 is 1.00 bits per heavy atom. The molecule has 2 N–H and O–H groups in total. The van der Waals surface area contributed by atoms with Crippen molar-refractivity contribution in [3.8, 4) is 0 Å². The molecule has 0 aliphatic carbocycles. The summed E-state index contributed by atoms with van der Waals surface area (Å²) in [6.45, 7) is 2.88. The molecule has 0 bridgehead atoms. The van der Waals surface area contributed by atoms with Crippen molar-refractivity contribution < 1.29 is 12.8 Å². The van der Waals surface area contributed by atoms with Gasteiger partial charge in [-0.15, -0.1) is 0 Å². The number of piperidine rings is 1. The fourth-order valence-corrected chi connectivity index (χ4v) is 5.02. The molecule has 3 aromatic rings. The van der Waals surface area contributed by atoms with Gasteiger partial charge in [-0.25, -0.2) is 0 Å². The van der Waals surface area contributed by atoms with Crippen molar-refractivity contribution in [1.82, 2.24) is 9.62 Å². The number of nitrogens with one attached hydrogen (secondary N) is 2. The van der Waals surface area contributed by atoms with Crippen molar-refractivity contribution in [2.24, 2.45) is 0 Å². The summed E-state index contributed by atoms with van der Waals surface area (Å²) in [5.41, 5.74) is 2.97. The third-order valence-electron chi connectivity index (χ3n) is 6.41. The van der Waals surface area contributed by atoms with Gasteiger partial charge in [-0.2, -0.15) is 12.7 Å². The van der Waals surface area contributed by atoms with Crippen LogP contribution in [0.2, 0.25) is 0 Å². The van der Waals surface area contributed by atoms with Crippen LogP contribution in [0.5, 0.6) is 0 Å². The topological polar surface area (TPSA) is 77.8 Å². The monoisotopic (exact) mass is 482 g/mol. The number of furan rings is 1. The van der Waals surface area contributed by atoms with Crippen molar-refractivity contribution in [3.05, 3.63) is 84.3 Å². The van der Waals surface area contributed by atoms with Crippen LogP contribution < -0.4 is 14.9 Å². The molecule has 0 saturated carbocycles. The van der Waals surface area contributed by atoms with Gasteiger partial charge in [0.25, 0.3) is 0 Å². The van der Waals surface area contributed by atoms with Gasteiger partial charge in [-0.05, 0) is 67.8 Å². The summed E-state index contributed by atoms with van der Waals surface area (Å²) in [5.74, 6) is 1.27. The lowest BCUT2D eigenvalue weighted by Crippen LogP contribution is -2.43. The molecule has 182 valence electrons. The van der Waals surface area contributed by atoms with Crippen molar-refractivity contribution in [3.63, 3.8) is 0 Å². The van der Waals surface area contributed by atoms with Gasteiger partial charge >= 0.3 is 10.2 Å². The van der Waals surface area contributed by atoms with E-state index in [2.05, 4.69) is 45.3 Å². The van der Waals surface area contributed by atoms with E-state index in [1.807, 2.05) is 36.4 Å². The fraction of sp³-hybridized carbons (Fsp3) is 0.385. The highest BCUT2D eigenvalue weighted by Crippen LogP contribution is 2.28. The first-order valence-corrected chi connectivity index (χ1v) is 13.2. The molecule has 1 aliphatic heterocycles. The Hall–Kier alpha value is -2.81. The van der Waals surface area contributed by atoms with Crippen molar-refractivity contribution in [1.29, 1.82) is 0 Å². The summed E-state index contributed by atoms with van der Waals surface area (Å²) < 4.78 is 33.4. The third kappa shape index (κ3) is 6.20. The van der Waals surface area contributed by atoms with E-state index in [0.29, 0.717) is 11.7 Å². The Balaban J connectivity index is 1.26. The molecule has 7 nitrogen and oxygen atoms in total. The molecule has 1 atom stereocenters. The number of nitrogens with zero attached hydrogens (tertiary/aromatic N) is 2. The van der Waals surface area contributed by atoms with Gasteiger partial charge in [0.05, 0.1) is 6.26 Å². The largest absolute Gasteiger partial charge is 0.469 e. The molecule has 1 aliphatic rings. The van der Waals surface area contributed by atoms with Crippen LogP contribution in [0.25, 0.3) is 0 Å². The summed E-state index contributed by atoms with van der Waals surface area (Å²) in [5, 5.41) is 3.75. The molecule has 0 radical (unpaired) electrons. The maximum Gasteiger partial charge on any atom is 0.301 e. The Morgan fingerprint density at radius 3 is 2.32 bits per heavy atom. The van der Waals surface area contributed by atoms with Crippen LogP contribution in [0.3, 0.4) is 0 Å². The minimum atomic E-state index is -3.49. The number of benzene rings is 2. The molecule has 0 amide bonds. The highest BCUT2D eigenvalue weighted by atomic mass is 32.2. The average Bonchev–Trinajstić information content (AvgIpc) is 3.38. The molecule has 0 unspecified atom stereocenters. The second-order valence-electron chi connectivity index (χ2n) is 8.92. The zero-order valence-electron chi connectivity index (χ0n) is 19.9. The Bertz CT molecular complexity index is 1110. The first-order valence-electron chi connectivity index (χ1n) is 11.8. The van der Waals surface area contributed by atoms with Gasteiger partial charge in [0.15, 0.2) is 0 Å². The maximum atomic E-state index is 12.0. The van der Waals surface area contributed by atoms with E-state index in [-0.39, 0.29) is 5.92 Å². The van der Waals surface area contributed by atoms with E-state index < -0.39 is 10.2 Å². The van der Waals surface area contributed by atoms with Crippen molar-refractivity contribution in [2.45, 2.75) is 31.2 Å². The predicted molar refractivity (Wildman–Crippen MR) is 138 cm³/mol. The Kier molecular flexibility index (Phi) is 7.92. The van der Waals surface area contributed by atoms with E-state index in [4.69, 9.17) is 4.42 Å². The molecule has 4 rings (SSSR count). The van der Waals surface area contributed by atoms with E-state index >= 15 is 0 Å². The normalized spacial score (nSPS) is 16.0. The van der Waals surface area contributed by atoms with Crippen LogP contribution in [-0.4, -0.2) is 52.5 Å². The molecule has 2 aromatic carbocycles. The molecule has 1 aromatic heterocycles. The molecule has 2 heterocycles. The second-order valence-corrected chi connectivity index (χ2v) is 10.8. The molecular weight excluding hydrogens is 448 g/mol. The van der Waals surface area contributed by atoms with Gasteiger partial charge in [-0.1, -0.05) is 30.3 Å². The highest BCUT2D eigenvalue weighted by Gasteiger charge is 2.21. The van der Waals surface area contributed by atoms with Crippen LogP contribution in [0, 0.1) is 0 Å². The summed E-state index contributed by atoms with van der Waals surface area (Å²) in [6, 6.07) is 22.7. The standard InChI is InChI=1S/C26H34N4O3S/c1-29(2)34(31,32)28-23-10-12-24(13-11-23)30-18-15-22(16-19-30)27-17-14-25(26-9-6-20-33-26)21-7-4-3-5-8-21/h3-13,20,22,25,27-28H,14-19H2,1-2H3/t25-/m0/s1. The van der Waals surface area contributed by atoms with E-state index in [0.717, 1.165) is 54.6 Å². The summed E-state index contributed by atoms with van der Waals surface area (Å²) >= 11 is 0.